The molecule has 0 aliphatic heterocycles. The standard InChI is InChI=1S/C54H82O8Si2/c1-37(2)63(38(3)4,39(5)6)35-33-51(57-19)25-29-53(59-21,30-26-51)43-23-24-44(46(48(56)62-50(16,17)18)45(43)47(55)61-49(13,14)15)54(60-22)31-27-52(58-20,28-32-54)34-36-64(40(7)8,41(9)10)42(11)12/h23-32,37-42H,1-22H3. The van der Waals surface area contributed by atoms with Gasteiger partial charge < -0.3 is 28.4 Å². The van der Waals surface area contributed by atoms with Crippen LogP contribution in [-0.2, 0) is 39.6 Å². The Morgan fingerprint density at radius 3 is 0.891 bits per heavy atom. The number of rotatable bonds is 14. The third kappa shape index (κ3) is 10.9. The molecule has 0 heterocycles. The number of esters is 2. The molecular formula is C54H82O8Si2. The fraction of sp³-hybridized carbons (Fsp3) is 0.630. The van der Waals surface area contributed by atoms with Crippen LogP contribution in [-0.4, -0.2) is 78.9 Å². The molecule has 0 bridgehead atoms. The molecule has 2 aliphatic rings. The highest BCUT2D eigenvalue weighted by Crippen LogP contribution is 2.46. The van der Waals surface area contributed by atoms with Gasteiger partial charge in [-0.2, -0.15) is 0 Å². The molecule has 8 nitrogen and oxygen atoms in total. The van der Waals surface area contributed by atoms with Crippen LogP contribution >= 0.6 is 0 Å². The lowest BCUT2D eigenvalue weighted by Crippen LogP contribution is -2.44. The van der Waals surface area contributed by atoms with Crippen molar-refractivity contribution in [3.63, 3.8) is 0 Å². The first-order chi connectivity index (χ1) is 29.4. The second kappa shape index (κ2) is 20.2. The highest BCUT2D eigenvalue weighted by Gasteiger charge is 2.47. The summed E-state index contributed by atoms with van der Waals surface area (Å²) in [4.78, 5) is 29.8. The van der Waals surface area contributed by atoms with Gasteiger partial charge in [-0.3, -0.25) is 0 Å². The van der Waals surface area contributed by atoms with Crippen LogP contribution in [0.25, 0.3) is 0 Å². The molecule has 1 aromatic rings. The quantitative estimate of drug-likeness (QED) is 0.0789. The summed E-state index contributed by atoms with van der Waals surface area (Å²) in [6.45, 7) is 38.1. The van der Waals surface area contributed by atoms with Gasteiger partial charge in [0.05, 0.1) is 11.1 Å². The van der Waals surface area contributed by atoms with E-state index in [2.05, 4.69) is 106 Å². The topological polar surface area (TPSA) is 89.5 Å². The lowest BCUT2D eigenvalue weighted by atomic mass is 9.76. The highest BCUT2D eigenvalue weighted by molar-refractivity contribution is 6.91. The Hall–Kier alpha value is -3.49. The molecule has 0 aromatic heterocycles. The van der Waals surface area contributed by atoms with E-state index in [9.17, 15) is 9.59 Å². The van der Waals surface area contributed by atoms with E-state index in [0.717, 1.165) is 0 Å². The Kier molecular flexibility index (Phi) is 17.3. The average molecular weight is 915 g/mol. The van der Waals surface area contributed by atoms with Gasteiger partial charge in [0.2, 0.25) is 0 Å². The molecule has 64 heavy (non-hydrogen) atoms. The molecule has 0 unspecified atom stereocenters. The van der Waals surface area contributed by atoms with Crippen molar-refractivity contribution >= 4 is 28.1 Å². The molecule has 2 aliphatic carbocycles. The molecule has 3 rings (SSSR count). The Morgan fingerprint density at radius 2 is 0.703 bits per heavy atom. The van der Waals surface area contributed by atoms with Crippen molar-refractivity contribution in [2.24, 2.45) is 0 Å². The fourth-order valence-corrected chi connectivity index (χ4v) is 20.8. The monoisotopic (exact) mass is 915 g/mol. The van der Waals surface area contributed by atoms with E-state index < -0.39 is 61.7 Å². The second-order valence-electron chi connectivity index (χ2n) is 21.5. The van der Waals surface area contributed by atoms with Gasteiger partial charge in [0.1, 0.15) is 38.6 Å². The zero-order valence-corrected chi connectivity index (χ0v) is 45.5. The minimum absolute atomic E-state index is 0.0112. The van der Waals surface area contributed by atoms with Gasteiger partial charge in [-0.25, -0.2) is 9.59 Å². The van der Waals surface area contributed by atoms with Gasteiger partial charge in [0, 0.05) is 39.6 Å². The first-order valence-electron chi connectivity index (χ1n) is 23.1. The van der Waals surface area contributed by atoms with Gasteiger partial charge >= 0.3 is 11.9 Å². The van der Waals surface area contributed by atoms with Crippen LogP contribution in [0.2, 0.25) is 33.2 Å². The maximum absolute atomic E-state index is 14.9. The maximum Gasteiger partial charge on any atom is 0.339 e. The van der Waals surface area contributed by atoms with Crippen LogP contribution in [0, 0.1) is 22.9 Å². The lowest BCUT2D eigenvalue weighted by molar-refractivity contribution is -0.000156. The number of carbonyl (C=O) groups excluding carboxylic acids is 2. The van der Waals surface area contributed by atoms with E-state index in [4.69, 9.17) is 28.4 Å². The first kappa shape index (κ1) is 54.8. The molecule has 0 spiro atoms. The van der Waals surface area contributed by atoms with Crippen molar-refractivity contribution in [2.45, 2.75) is 191 Å². The van der Waals surface area contributed by atoms with Crippen molar-refractivity contribution in [3.8, 4) is 22.9 Å². The summed E-state index contributed by atoms with van der Waals surface area (Å²) in [6.07, 6.45) is 14.9. The molecule has 354 valence electrons. The molecule has 0 saturated heterocycles. The number of hydrogen-bond donors (Lipinski definition) is 0. The van der Waals surface area contributed by atoms with Crippen LogP contribution in [0.1, 0.15) is 156 Å². The smallest absolute Gasteiger partial charge is 0.339 e. The van der Waals surface area contributed by atoms with Crippen LogP contribution < -0.4 is 0 Å². The fourth-order valence-electron chi connectivity index (χ4n) is 10.2. The second-order valence-corrected chi connectivity index (χ2v) is 32.7. The van der Waals surface area contributed by atoms with E-state index in [1.165, 1.54) is 0 Å². The van der Waals surface area contributed by atoms with Crippen molar-refractivity contribution < 1.29 is 38.0 Å². The summed E-state index contributed by atoms with van der Waals surface area (Å²) >= 11 is 0. The summed E-state index contributed by atoms with van der Waals surface area (Å²) in [5.41, 5.74) is 4.23. The van der Waals surface area contributed by atoms with Gasteiger partial charge in [0.25, 0.3) is 0 Å². The zero-order valence-electron chi connectivity index (χ0n) is 43.5. The summed E-state index contributed by atoms with van der Waals surface area (Å²) in [5, 5.41) is 0. The van der Waals surface area contributed by atoms with E-state index in [1.807, 2.05) is 48.6 Å². The maximum atomic E-state index is 14.9. The van der Waals surface area contributed by atoms with Crippen molar-refractivity contribution in [3.05, 3.63) is 83.0 Å². The lowest BCUT2D eigenvalue weighted by Gasteiger charge is -2.39. The Balaban J connectivity index is 2.48. The van der Waals surface area contributed by atoms with E-state index in [1.54, 1.807) is 82.1 Å². The number of carbonyl (C=O) groups is 2. The molecule has 0 atom stereocenters. The van der Waals surface area contributed by atoms with Crippen LogP contribution in [0.5, 0.6) is 0 Å². The molecular weight excluding hydrogens is 833 g/mol. The highest BCUT2D eigenvalue weighted by atomic mass is 28.3. The number of hydrogen-bond acceptors (Lipinski definition) is 8. The number of ether oxygens (including phenoxy) is 6. The summed E-state index contributed by atoms with van der Waals surface area (Å²) in [7, 11) is 2.16. The zero-order chi connectivity index (χ0) is 49.1. The SMILES string of the molecule is COC1(C#C[Si](C(C)C)(C(C)C)C(C)C)C=CC(OC)(c2ccc(C3(OC)C=CC(C#C[Si](C(C)C)(C(C)C)C(C)C)(OC)C=C3)c(C(=O)OC(C)(C)C)c2C(=O)OC(C)(C)C)C=C1. The van der Waals surface area contributed by atoms with Crippen molar-refractivity contribution in [2.75, 3.05) is 28.4 Å². The predicted octanol–water partition coefficient (Wildman–Crippen LogP) is 12.7. The average Bonchev–Trinajstić information content (AvgIpc) is 3.19. The molecule has 0 fully saturated rings. The molecule has 10 heteroatoms. The van der Waals surface area contributed by atoms with Crippen LogP contribution in [0.15, 0.2) is 60.7 Å². The molecule has 0 amide bonds. The minimum Gasteiger partial charge on any atom is -0.456 e. The van der Waals surface area contributed by atoms with Crippen LogP contribution in [0.3, 0.4) is 0 Å². The Labute approximate surface area is 390 Å². The first-order valence-corrected chi connectivity index (χ1v) is 27.6. The summed E-state index contributed by atoms with van der Waals surface area (Å²) in [5.74, 6) is 5.67. The molecule has 0 saturated carbocycles. The Bertz CT molecular complexity index is 1880. The van der Waals surface area contributed by atoms with E-state index in [0.29, 0.717) is 44.4 Å². The molecule has 0 radical (unpaired) electrons. The van der Waals surface area contributed by atoms with Crippen LogP contribution in [0.4, 0.5) is 0 Å². The minimum atomic E-state index is -2.13. The van der Waals surface area contributed by atoms with Gasteiger partial charge in [-0.15, -0.1) is 11.1 Å². The summed E-state index contributed by atoms with van der Waals surface area (Å²) < 4.78 is 37.4. The predicted molar refractivity (Wildman–Crippen MR) is 268 cm³/mol. The normalized spacial score (nSPS) is 23.8. The van der Waals surface area contributed by atoms with Gasteiger partial charge in [-0.1, -0.05) is 107 Å². The Morgan fingerprint density at radius 1 is 0.453 bits per heavy atom. The number of benzene rings is 1. The molecule has 0 N–H and O–H groups in total. The van der Waals surface area contributed by atoms with Gasteiger partial charge in [0.15, 0.2) is 11.2 Å². The summed E-state index contributed by atoms with van der Waals surface area (Å²) in [6, 6.07) is 3.60. The van der Waals surface area contributed by atoms with Crippen molar-refractivity contribution in [1.29, 1.82) is 0 Å². The van der Waals surface area contributed by atoms with Crippen molar-refractivity contribution in [1.82, 2.24) is 0 Å². The molecule has 1 aromatic carbocycles. The number of methoxy groups -OCH3 is 4. The van der Waals surface area contributed by atoms with E-state index >= 15 is 0 Å². The van der Waals surface area contributed by atoms with E-state index in [-0.39, 0.29) is 11.1 Å². The third-order valence-corrected chi connectivity index (χ3v) is 26.2. The largest absolute Gasteiger partial charge is 0.456 e. The van der Waals surface area contributed by atoms with Gasteiger partial charge in [-0.05, 0) is 123 Å². The third-order valence-electron chi connectivity index (χ3n) is 13.6.